The Morgan fingerprint density at radius 2 is 1.76 bits per heavy atom. The minimum atomic E-state index is -3.52. The summed E-state index contributed by atoms with van der Waals surface area (Å²) in [7, 11) is -3.52. The van der Waals surface area contributed by atoms with E-state index in [2.05, 4.69) is 4.72 Å². The van der Waals surface area contributed by atoms with Gasteiger partial charge in [0.1, 0.15) is 9.96 Å². The van der Waals surface area contributed by atoms with Crippen LogP contribution in [0.2, 0.25) is 0 Å². The molecular weight excluding hydrogens is 258 g/mol. The van der Waals surface area contributed by atoms with Crippen LogP contribution in [-0.2, 0) is 10.0 Å². The number of hydrogen-bond acceptors (Lipinski definition) is 4. The van der Waals surface area contributed by atoms with Crippen LogP contribution in [0.4, 0.5) is 5.69 Å². The molecule has 2 rings (SSSR count). The van der Waals surface area contributed by atoms with E-state index in [1.54, 1.807) is 12.1 Å². The Morgan fingerprint density at radius 3 is 2.29 bits per heavy atom. The van der Waals surface area contributed by atoms with Crippen molar-refractivity contribution in [3.63, 3.8) is 0 Å². The Labute approximate surface area is 104 Å². The summed E-state index contributed by atoms with van der Waals surface area (Å²) in [6.45, 7) is 1.85. The number of rotatable bonds is 3. The zero-order valence-electron chi connectivity index (χ0n) is 9.04. The van der Waals surface area contributed by atoms with Crippen molar-refractivity contribution in [3.8, 4) is 5.75 Å². The van der Waals surface area contributed by atoms with E-state index in [4.69, 9.17) is 5.11 Å². The third kappa shape index (κ3) is 2.78. The van der Waals surface area contributed by atoms with Crippen LogP contribution in [0.15, 0.2) is 40.6 Å². The molecule has 1 aromatic carbocycles. The van der Waals surface area contributed by atoms with Gasteiger partial charge in [0.15, 0.2) is 0 Å². The van der Waals surface area contributed by atoms with Gasteiger partial charge in [-0.05, 0) is 43.3 Å². The number of anilines is 1. The van der Waals surface area contributed by atoms with Crippen LogP contribution >= 0.6 is 11.3 Å². The first-order valence-corrected chi connectivity index (χ1v) is 7.16. The Morgan fingerprint density at radius 1 is 1.12 bits per heavy atom. The fraction of sp³-hybridized carbons (Fsp3) is 0.0909. The molecule has 0 amide bonds. The van der Waals surface area contributed by atoms with Gasteiger partial charge in [-0.1, -0.05) is 0 Å². The molecule has 1 heterocycles. The lowest BCUT2D eigenvalue weighted by atomic mass is 10.3. The lowest BCUT2D eigenvalue weighted by molar-refractivity contribution is 0.475. The standard InChI is InChI=1S/C11H11NO3S2/c1-8-2-7-11(16-8)17(14,15)12-9-3-5-10(13)6-4-9/h2-7,12-13H,1H3. The first-order chi connectivity index (χ1) is 7.97. The Kier molecular flexibility index (Phi) is 3.08. The van der Waals surface area contributed by atoms with Gasteiger partial charge in [0.25, 0.3) is 10.0 Å². The molecule has 0 aliphatic rings. The third-order valence-corrected chi connectivity index (χ3v) is 4.97. The molecule has 0 aliphatic heterocycles. The van der Waals surface area contributed by atoms with E-state index in [-0.39, 0.29) is 9.96 Å². The summed E-state index contributed by atoms with van der Waals surface area (Å²) < 4.78 is 26.6. The Hall–Kier alpha value is -1.53. The molecule has 0 fully saturated rings. The second kappa shape index (κ2) is 4.38. The molecular formula is C11H11NO3S2. The molecule has 0 spiro atoms. The summed E-state index contributed by atoms with van der Waals surface area (Å²) in [4.78, 5) is 0.941. The summed E-state index contributed by atoms with van der Waals surface area (Å²) in [5, 5.41) is 9.10. The highest BCUT2D eigenvalue weighted by molar-refractivity contribution is 7.94. The van der Waals surface area contributed by atoms with Crippen molar-refractivity contribution in [2.45, 2.75) is 11.1 Å². The molecule has 1 aromatic heterocycles. The average Bonchev–Trinajstić information content (AvgIpc) is 2.69. The van der Waals surface area contributed by atoms with Gasteiger partial charge in [0.2, 0.25) is 0 Å². The maximum absolute atomic E-state index is 11.9. The predicted molar refractivity (Wildman–Crippen MR) is 68.0 cm³/mol. The van der Waals surface area contributed by atoms with Crippen LogP contribution in [0.5, 0.6) is 5.75 Å². The number of nitrogens with one attached hydrogen (secondary N) is 1. The molecule has 4 nitrogen and oxygen atoms in total. The second-order valence-electron chi connectivity index (χ2n) is 3.52. The van der Waals surface area contributed by atoms with Gasteiger partial charge in [-0.25, -0.2) is 8.42 Å². The average molecular weight is 269 g/mol. The summed E-state index contributed by atoms with van der Waals surface area (Å²) in [6, 6.07) is 9.20. The van der Waals surface area contributed by atoms with Crippen LogP contribution in [-0.4, -0.2) is 13.5 Å². The second-order valence-corrected chi connectivity index (χ2v) is 6.71. The van der Waals surface area contributed by atoms with Crippen LogP contribution in [0.1, 0.15) is 4.88 Å². The van der Waals surface area contributed by atoms with Crippen molar-refractivity contribution < 1.29 is 13.5 Å². The van der Waals surface area contributed by atoms with Gasteiger partial charge in [0, 0.05) is 10.6 Å². The molecule has 2 aromatic rings. The minimum Gasteiger partial charge on any atom is -0.508 e. The number of hydrogen-bond donors (Lipinski definition) is 2. The first kappa shape index (κ1) is 11.9. The van der Waals surface area contributed by atoms with Crippen molar-refractivity contribution in [1.82, 2.24) is 0 Å². The molecule has 0 saturated carbocycles. The number of thiophene rings is 1. The third-order valence-electron chi connectivity index (χ3n) is 2.10. The zero-order valence-corrected chi connectivity index (χ0v) is 10.7. The van der Waals surface area contributed by atoms with Crippen molar-refractivity contribution in [3.05, 3.63) is 41.3 Å². The van der Waals surface area contributed by atoms with Gasteiger partial charge >= 0.3 is 0 Å². The summed E-state index contributed by atoms with van der Waals surface area (Å²) in [5.41, 5.74) is 0.425. The summed E-state index contributed by atoms with van der Waals surface area (Å²) >= 11 is 1.22. The molecule has 0 bridgehead atoms. The molecule has 0 atom stereocenters. The lowest BCUT2D eigenvalue weighted by Crippen LogP contribution is -2.11. The summed E-state index contributed by atoms with van der Waals surface area (Å²) in [5.74, 6) is 0.0971. The van der Waals surface area contributed by atoms with Crippen molar-refractivity contribution in [1.29, 1.82) is 0 Å². The topological polar surface area (TPSA) is 66.4 Å². The predicted octanol–water partition coefficient (Wildman–Crippen LogP) is 2.56. The minimum absolute atomic E-state index is 0.0971. The fourth-order valence-corrected chi connectivity index (χ4v) is 3.63. The number of phenolic OH excluding ortho intramolecular Hbond substituents is 1. The normalized spacial score (nSPS) is 11.4. The van der Waals surface area contributed by atoms with E-state index in [1.807, 2.05) is 6.92 Å². The molecule has 0 saturated heterocycles. The first-order valence-electron chi connectivity index (χ1n) is 4.86. The number of phenols is 1. The molecule has 6 heteroatoms. The fourth-order valence-electron chi connectivity index (χ4n) is 1.29. The molecule has 90 valence electrons. The van der Waals surface area contributed by atoms with Crippen LogP contribution in [0, 0.1) is 6.92 Å². The molecule has 17 heavy (non-hydrogen) atoms. The zero-order chi connectivity index (χ0) is 12.5. The SMILES string of the molecule is Cc1ccc(S(=O)(=O)Nc2ccc(O)cc2)s1. The van der Waals surface area contributed by atoms with Crippen molar-refractivity contribution >= 4 is 27.0 Å². The smallest absolute Gasteiger partial charge is 0.271 e. The largest absolute Gasteiger partial charge is 0.508 e. The van der Waals surface area contributed by atoms with Crippen LogP contribution < -0.4 is 4.72 Å². The quantitative estimate of drug-likeness (QED) is 0.842. The highest BCUT2D eigenvalue weighted by Crippen LogP contribution is 2.24. The number of sulfonamides is 1. The van der Waals surface area contributed by atoms with E-state index in [9.17, 15) is 8.42 Å². The van der Waals surface area contributed by atoms with Crippen molar-refractivity contribution in [2.75, 3.05) is 4.72 Å². The molecule has 0 radical (unpaired) electrons. The van der Waals surface area contributed by atoms with E-state index >= 15 is 0 Å². The highest BCUT2D eigenvalue weighted by Gasteiger charge is 2.15. The van der Waals surface area contributed by atoms with Crippen molar-refractivity contribution in [2.24, 2.45) is 0 Å². The van der Waals surface area contributed by atoms with Gasteiger partial charge in [-0.15, -0.1) is 11.3 Å². The molecule has 0 aliphatic carbocycles. The number of aryl methyl sites for hydroxylation is 1. The Balaban J connectivity index is 2.26. The monoisotopic (exact) mass is 269 g/mol. The van der Waals surface area contributed by atoms with Gasteiger partial charge in [-0.2, -0.15) is 0 Å². The number of benzene rings is 1. The van der Waals surface area contributed by atoms with Crippen LogP contribution in [0.3, 0.4) is 0 Å². The van der Waals surface area contributed by atoms with Gasteiger partial charge in [0.05, 0.1) is 0 Å². The summed E-state index contributed by atoms with van der Waals surface area (Å²) in [6.07, 6.45) is 0. The maximum atomic E-state index is 11.9. The molecule has 0 unspecified atom stereocenters. The van der Waals surface area contributed by atoms with Gasteiger partial charge < -0.3 is 5.11 Å². The molecule has 2 N–H and O–H groups in total. The van der Waals surface area contributed by atoms with E-state index in [0.29, 0.717) is 5.69 Å². The Bertz CT molecular complexity index is 614. The maximum Gasteiger partial charge on any atom is 0.271 e. The van der Waals surface area contributed by atoms with E-state index < -0.39 is 10.0 Å². The van der Waals surface area contributed by atoms with Gasteiger partial charge in [-0.3, -0.25) is 4.72 Å². The number of aromatic hydroxyl groups is 1. The van der Waals surface area contributed by atoms with Crippen LogP contribution in [0.25, 0.3) is 0 Å². The highest BCUT2D eigenvalue weighted by atomic mass is 32.2. The lowest BCUT2D eigenvalue weighted by Gasteiger charge is -2.05. The van der Waals surface area contributed by atoms with E-state index in [0.717, 1.165) is 4.88 Å². The van der Waals surface area contributed by atoms with E-state index in [1.165, 1.54) is 35.6 Å².